The number of amides is 3. The molecule has 1 saturated heterocycles. The number of nitrogens with one attached hydrogen (secondary N) is 1. The molecule has 0 saturated carbocycles. The molecule has 5 nitrogen and oxygen atoms in total. The van der Waals surface area contributed by atoms with Gasteiger partial charge in [0, 0.05) is 13.1 Å². The summed E-state index contributed by atoms with van der Waals surface area (Å²) in [6.45, 7) is 2.97. The van der Waals surface area contributed by atoms with Crippen molar-refractivity contribution in [2.24, 2.45) is 11.7 Å². The van der Waals surface area contributed by atoms with Crippen LogP contribution in [0.15, 0.2) is 18.2 Å². The number of hydrogen-bond acceptors (Lipinski definition) is 2. The third-order valence-electron chi connectivity index (χ3n) is 3.81. The van der Waals surface area contributed by atoms with Gasteiger partial charge in [-0.3, -0.25) is 4.79 Å². The molecule has 1 aliphatic heterocycles. The Morgan fingerprint density at radius 2 is 2.24 bits per heavy atom. The zero-order valence-electron chi connectivity index (χ0n) is 12.1. The minimum atomic E-state index is -0.700. The van der Waals surface area contributed by atoms with E-state index in [9.17, 15) is 14.0 Å². The summed E-state index contributed by atoms with van der Waals surface area (Å²) in [5.74, 6) is 0.000100. The number of benzene rings is 1. The van der Waals surface area contributed by atoms with Gasteiger partial charge in [-0.15, -0.1) is 0 Å². The molecule has 0 aromatic heterocycles. The molecule has 0 aliphatic carbocycles. The number of nitrogens with two attached hydrogens (primary N) is 1. The lowest BCUT2D eigenvalue weighted by Gasteiger charge is -2.16. The van der Waals surface area contributed by atoms with Crippen LogP contribution in [0, 0.1) is 18.7 Å². The number of likely N-dealkylation sites (tertiary alicyclic amines) is 1. The average molecular weight is 293 g/mol. The van der Waals surface area contributed by atoms with Crippen LogP contribution < -0.4 is 11.1 Å². The third kappa shape index (κ3) is 4.18. The molecule has 114 valence electrons. The normalized spacial score (nSPS) is 17.8. The Balaban J connectivity index is 1.86. The van der Waals surface area contributed by atoms with Crippen molar-refractivity contribution in [1.82, 2.24) is 10.2 Å². The molecule has 1 unspecified atom stereocenters. The molecule has 1 aromatic rings. The Kier molecular flexibility index (Phi) is 4.77. The van der Waals surface area contributed by atoms with Gasteiger partial charge in [-0.2, -0.15) is 0 Å². The van der Waals surface area contributed by atoms with Gasteiger partial charge in [-0.1, -0.05) is 12.1 Å². The molecule has 1 fully saturated rings. The quantitative estimate of drug-likeness (QED) is 0.875. The van der Waals surface area contributed by atoms with E-state index in [-0.39, 0.29) is 18.3 Å². The Morgan fingerprint density at radius 3 is 2.90 bits per heavy atom. The second kappa shape index (κ2) is 6.56. The summed E-state index contributed by atoms with van der Waals surface area (Å²) in [4.78, 5) is 24.1. The highest BCUT2D eigenvalue weighted by atomic mass is 19.1. The molecule has 0 bridgehead atoms. The standard InChI is InChI=1S/C15H20FN3O2/c1-10-2-3-11(7-13(10)16)6-12-4-5-19(9-12)14(20)8-18-15(17)21/h2-3,7,12H,4-6,8-9H2,1H3,(H3,17,18,21). The average Bonchev–Trinajstić information content (AvgIpc) is 2.89. The van der Waals surface area contributed by atoms with Crippen LogP contribution in [-0.4, -0.2) is 36.5 Å². The number of rotatable bonds is 4. The van der Waals surface area contributed by atoms with E-state index in [4.69, 9.17) is 5.73 Å². The first-order chi connectivity index (χ1) is 9.95. The monoisotopic (exact) mass is 293 g/mol. The van der Waals surface area contributed by atoms with Gasteiger partial charge in [-0.05, 0) is 42.9 Å². The summed E-state index contributed by atoms with van der Waals surface area (Å²) in [5.41, 5.74) is 6.53. The fraction of sp³-hybridized carbons (Fsp3) is 0.467. The van der Waals surface area contributed by atoms with Gasteiger partial charge >= 0.3 is 6.03 Å². The summed E-state index contributed by atoms with van der Waals surface area (Å²) in [7, 11) is 0. The van der Waals surface area contributed by atoms with Crippen molar-refractivity contribution in [2.75, 3.05) is 19.6 Å². The number of carbonyl (C=O) groups excluding carboxylic acids is 2. The summed E-state index contributed by atoms with van der Waals surface area (Å²) in [6.07, 6.45) is 1.64. The van der Waals surface area contributed by atoms with E-state index < -0.39 is 6.03 Å². The summed E-state index contributed by atoms with van der Waals surface area (Å²) < 4.78 is 13.5. The second-order valence-electron chi connectivity index (χ2n) is 5.50. The van der Waals surface area contributed by atoms with Crippen LogP contribution in [0.2, 0.25) is 0 Å². The molecule has 21 heavy (non-hydrogen) atoms. The van der Waals surface area contributed by atoms with E-state index in [0.717, 1.165) is 18.4 Å². The maximum Gasteiger partial charge on any atom is 0.312 e. The lowest BCUT2D eigenvalue weighted by molar-refractivity contribution is -0.129. The zero-order chi connectivity index (χ0) is 15.4. The molecule has 1 atom stereocenters. The van der Waals surface area contributed by atoms with E-state index in [1.165, 1.54) is 0 Å². The van der Waals surface area contributed by atoms with Crippen molar-refractivity contribution >= 4 is 11.9 Å². The number of primary amides is 1. The zero-order valence-corrected chi connectivity index (χ0v) is 12.1. The fourth-order valence-electron chi connectivity index (χ4n) is 2.60. The van der Waals surface area contributed by atoms with Crippen LogP contribution in [0.1, 0.15) is 17.5 Å². The summed E-state index contributed by atoms with van der Waals surface area (Å²) in [5, 5.41) is 2.30. The first-order valence-electron chi connectivity index (χ1n) is 7.02. The molecule has 1 heterocycles. The molecule has 3 N–H and O–H groups in total. The molecular weight excluding hydrogens is 273 g/mol. The van der Waals surface area contributed by atoms with Gasteiger partial charge in [-0.25, -0.2) is 9.18 Å². The predicted octanol–water partition coefficient (Wildman–Crippen LogP) is 1.19. The number of hydrogen-bond donors (Lipinski definition) is 2. The van der Waals surface area contributed by atoms with Crippen LogP contribution >= 0.6 is 0 Å². The highest BCUT2D eigenvalue weighted by molar-refractivity contribution is 5.83. The van der Waals surface area contributed by atoms with Gasteiger partial charge in [0.25, 0.3) is 0 Å². The Labute approximate surface area is 123 Å². The summed E-state index contributed by atoms with van der Waals surface area (Å²) >= 11 is 0. The number of carbonyl (C=O) groups is 2. The largest absolute Gasteiger partial charge is 0.352 e. The number of aryl methyl sites for hydroxylation is 1. The smallest absolute Gasteiger partial charge is 0.312 e. The van der Waals surface area contributed by atoms with Crippen molar-refractivity contribution in [2.45, 2.75) is 19.8 Å². The van der Waals surface area contributed by atoms with E-state index in [1.54, 1.807) is 24.0 Å². The SMILES string of the molecule is Cc1ccc(CC2CCN(C(=O)CNC(N)=O)C2)cc1F. The molecule has 1 aromatic carbocycles. The molecule has 3 amide bonds. The fourth-order valence-corrected chi connectivity index (χ4v) is 2.60. The van der Waals surface area contributed by atoms with Crippen LogP contribution in [0.25, 0.3) is 0 Å². The van der Waals surface area contributed by atoms with Crippen molar-refractivity contribution in [1.29, 1.82) is 0 Å². The minimum Gasteiger partial charge on any atom is -0.352 e. The van der Waals surface area contributed by atoms with Crippen molar-refractivity contribution < 1.29 is 14.0 Å². The number of urea groups is 1. The van der Waals surface area contributed by atoms with Gasteiger partial charge in [0.1, 0.15) is 5.82 Å². The Morgan fingerprint density at radius 1 is 1.48 bits per heavy atom. The van der Waals surface area contributed by atoms with Crippen molar-refractivity contribution in [3.63, 3.8) is 0 Å². The van der Waals surface area contributed by atoms with Crippen LogP contribution in [-0.2, 0) is 11.2 Å². The molecule has 0 radical (unpaired) electrons. The topological polar surface area (TPSA) is 75.4 Å². The molecule has 1 aliphatic rings. The highest BCUT2D eigenvalue weighted by Crippen LogP contribution is 2.22. The molecule has 2 rings (SSSR count). The summed E-state index contributed by atoms with van der Waals surface area (Å²) in [6, 6.07) is 4.57. The second-order valence-corrected chi connectivity index (χ2v) is 5.50. The first kappa shape index (κ1) is 15.3. The number of halogens is 1. The lowest BCUT2D eigenvalue weighted by Crippen LogP contribution is -2.41. The van der Waals surface area contributed by atoms with Crippen molar-refractivity contribution in [3.05, 3.63) is 35.1 Å². The highest BCUT2D eigenvalue weighted by Gasteiger charge is 2.26. The van der Waals surface area contributed by atoms with Crippen molar-refractivity contribution in [3.8, 4) is 0 Å². The van der Waals surface area contributed by atoms with Gasteiger partial charge in [0.2, 0.25) is 5.91 Å². The van der Waals surface area contributed by atoms with Gasteiger partial charge in [0.05, 0.1) is 6.54 Å². The first-order valence-corrected chi connectivity index (χ1v) is 7.02. The molecule has 6 heteroatoms. The third-order valence-corrected chi connectivity index (χ3v) is 3.81. The van der Waals surface area contributed by atoms with Crippen LogP contribution in [0.5, 0.6) is 0 Å². The van der Waals surface area contributed by atoms with Crippen LogP contribution in [0.3, 0.4) is 0 Å². The lowest BCUT2D eigenvalue weighted by atomic mass is 9.98. The Bertz CT molecular complexity index is 548. The molecule has 0 spiro atoms. The van der Waals surface area contributed by atoms with Gasteiger partial charge < -0.3 is 16.0 Å². The maximum absolute atomic E-state index is 13.5. The van der Waals surface area contributed by atoms with E-state index in [0.29, 0.717) is 24.6 Å². The van der Waals surface area contributed by atoms with Gasteiger partial charge in [0.15, 0.2) is 0 Å². The van der Waals surface area contributed by atoms with E-state index >= 15 is 0 Å². The van der Waals surface area contributed by atoms with Crippen LogP contribution in [0.4, 0.5) is 9.18 Å². The van der Waals surface area contributed by atoms with E-state index in [2.05, 4.69) is 5.32 Å². The molecular formula is C15H20FN3O2. The number of nitrogens with zero attached hydrogens (tertiary/aromatic N) is 1. The predicted molar refractivity (Wildman–Crippen MR) is 77.1 cm³/mol. The maximum atomic E-state index is 13.5. The minimum absolute atomic E-state index is 0.0682. The van der Waals surface area contributed by atoms with E-state index in [1.807, 2.05) is 6.07 Å². The Hall–Kier alpha value is -2.11.